The topological polar surface area (TPSA) is 92.1 Å². The Kier molecular flexibility index (Phi) is 5.59. The summed E-state index contributed by atoms with van der Waals surface area (Å²) in [6.07, 6.45) is 3.97. The maximum absolute atomic E-state index is 12.8. The summed E-state index contributed by atoms with van der Waals surface area (Å²) in [6.45, 7) is 1.77. The Morgan fingerprint density at radius 3 is 2.73 bits per heavy atom. The van der Waals surface area contributed by atoms with Gasteiger partial charge in [-0.1, -0.05) is 31.2 Å². The molecular weight excluding hydrogens is 398 g/mol. The SMILES string of the molecule is CCC(OC(=O)c1ccncc1)C(=O)Nc1sc2c(c1C#N)CCc1ccccc1-2. The molecule has 150 valence electrons. The quantitative estimate of drug-likeness (QED) is 0.623. The fourth-order valence-corrected chi connectivity index (χ4v) is 4.81. The molecule has 2 aromatic heterocycles. The van der Waals surface area contributed by atoms with Gasteiger partial charge in [-0.15, -0.1) is 11.3 Å². The number of rotatable bonds is 5. The minimum Gasteiger partial charge on any atom is -0.449 e. The molecule has 6 nitrogen and oxygen atoms in total. The molecule has 1 aliphatic rings. The number of amides is 1. The maximum Gasteiger partial charge on any atom is 0.339 e. The lowest BCUT2D eigenvalue weighted by molar-refractivity contribution is -0.124. The van der Waals surface area contributed by atoms with Gasteiger partial charge in [-0.2, -0.15) is 5.26 Å². The monoisotopic (exact) mass is 417 g/mol. The molecule has 3 aromatic rings. The van der Waals surface area contributed by atoms with E-state index in [1.54, 1.807) is 6.92 Å². The van der Waals surface area contributed by atoms with E-state index in [0.717, 1.165) is 28.8 Å². The van der Waals surface area contributed by atoms with Crippen molar-refractivity contribution in [1.29, 1.82) is 5.26 Å². The van der Waals surface area contributed by atoms with E-state index in [2.05, 4.69) is 22.4 Å². The van der Waals surface area contributed by atoms with E-state index in [4.69, 9.17) is 4.74 Å². The second-order valence-corrected chi connectivity index (χ2v) is 7.93. The Morgan fingerprint density at radius 2 is 2.00 bits per heavy atom. The van der Waals surface area contributed by atoms with Gasteiger partial charge >= 0.3 is 5.97 Å². The van der Waals surface area contributed by atoms with Crippen LogP contribution in [0, 0.1) is 11.3 Å². The number of hydrogen-bond acceptors (Lipinski definition) is 6. The predicted octanol–water partition coefficient (Wildman–Crippen LogP) is 4.35. The standard InChI is InChI=1S/C23H19N3O3S/c1-2-19(29-23(28)15-9-11-25-12-10-15)21(27)26-22-18(13-24)17-8-7-14-5-3-4-6-16(14)20(17)30-22/h3-6,9-12,19H,2,7-8H2,1H3,(H,26,27). The third-order valence-corrected chi connectivity index (χ3v) is 6.27. The molecule has 1 unspecified atom stereocenters. The van der Waals surface area contributed by atoms with Crippen molar-refractivity contribution in [1.82, 2.24) is 4.98 Å². The number of benzene rings is 1. The molecule has 4 rings (SSSR count). The van der Waals surface area contributed by atoms with Gasteiger partial charge in [-0.05, 0) is 48.1 Å². The fraction of sp³-hybridized carbons (Fsp3) is 0.217. The highest BCUT2D eigenvalue weighted by molar-refractivity contribution is 7.20. The van der Waals surface area contributed by atoms with Crippen LogP contribution in [-0.2, 0) is 22.4 Å². The first-order valence-corrected chi connectivity index (χ1v) is 10.5. The minimum absolute atomic E-state index is 0.318. The molecule has 0 bridgehead atoms. The number of esters is 1. The van der Waals surface area contributed by atoms with Crippen molar-refractivity contribution in [2.45, 2.75) is 32.3 Å². The molecule has 30 heavy (non-hydrogen) atoms. The van der Waals surface area contributed by atoms with Crippen LogP contribution in [0.15, 0.2) is 48.8 Å². The highest BCUT2D eigenvalue weighted by Crippen LogP contribution is 2.44. The molecule has 1 amide bonds. The molecule has 1 aliphatic carbocycles. The molecule has 0 aliphatic heterocycles. The summed E-state index contributed by atoms with van der Waals surface area (Å²) in [6, 6.07) is 13.4. The van der Waals surface area contributed by atoms with Crippen molar-refractivity contribution >= 4 is 28.2 Å². The molecule has 7 heteroatoms. The number of anilines is 1. The largest absolute Gasteiger partial charge is 0.449 e. The smallest absolute Gasteiger partial charge is 0.339 e. The first-order chi connectivity index (χ1) is 14.6. The van der Waals surface area contributed by atoms with Crippen LogP contribution < -0.4 is 5.32 Å². The van der Waals surface area contributed by atoms with Crippen LogP contribution in [0.2, 0.25) is 0 Å². The van der Waals surface area contributed by atoms with Crippen LogP contribution in [0.25, 0.3) is 10.4 Å². The number of hydrogen-bond donors (Lipinski definition) is 1. The van der Waals surface area contributed by atoms with Crippen LogP contribution in [0.4, 0.5) is 5.00 Å². The predicted molar refractivity (Wildman–Crippen MR) is 114 cm³/mol. The molecule has 0 fully saturated rings. The number of aryl methyl sites for hydroxylation is 1. The van der Waals surface area contributed by atoms with Crippen molar-refractivity contribution in [2.75, 3.05) is 5.32 Å². The molecule has 0 radical (unpaired) electrons. The van der Waals surface area contributed by atoms with E-state index in [1.165, 1.54) is 41.4 Å². The van der Waals surface area contributed by atoms with E-state index in [1.807, 2.05) is 18.2 Å². The summed E-state index contributed by atoms with van der Waals surface area (Å²) in [5.41, 5.74) is 4.15. The zero-order valence-corrected chi connectivity index (χ0v) is 17.2. The molecule has 0 saturated carbocycles. The number of aromatic nitrogens is 1. The Balaban J connectivity index is 1.57. The van der Waals surface area contributed by atoms with Gasteiger partial charge in [0.25, 0.3) is 5.91 Å². The van der Waals surface area contributed by atoms with E-state index in [0.29, 0.717) is 22.5 Å². The first kappa shape index (κ1) is 19.8. The van der Waals surface area contributed by atoms with Crippen LogP contribution >= 0.6 is 11.3 Å². The van der Waals surface area contributed by atoms with Crippen LogP contribution in [0.3, 0.4) is 0 Å². The third kappa shape index (κ3) is 3.70. The Morgan fingerprint density at radius 1 is 1.23 bits per heavy atom. The Labute approximate surface area is 178 Å². The lowest BCUT2D eigenvalue weighted by atomic mass is 9.90. The zero-order valence-electron chi connectivity index (χ0n) is 16.3. The average Bonchev–Trinajstić information content (AvgIpc) is 3.15. The Hall–Kier alpha value is -3.50. The van der Waals surface area contributed by atoms with Crippen LogP contribution in [0.5, 0.6) is 0 Å². The number of ether oxygens (including phenoxy) is 1. The maximum atomic E-state index is 12.8. The van der Waals surface area contributed by atoms with Crippen molar-refractivity contribution in [2.24, 2.45) is 0 Å². The van der Waals surface area contributed by atoms with Crippen molar-refractivity contribution < 1.29 is 14.3 Å². The number of carbonyl (C=O) groups excluding carboxylic acids is 2. The molecule has 0 spiro atoms. The normalized spacial score (nSPS) is 12.8. The van der Waals surface area contributed by atoms with Gasteiger partial charge in [-0.3, -0.25) is 9.78 Å². The summed E-state index contributed by atoms with van der Waals surface area (Å²) in [4.78, 5) is 30.0. The molecule has 1 N–H and O–H groups in total. The third-order valence-electron chi connectivity index (χ3n) is 5.09. The molecule has 1 atom stereocenters. The van der Waals surface area contributed by atoms with Crippen molar-refractivity contribution in [3.63, 3.8) is 0 Å². The first-order valence-electron chi connectivity index (χ1n) is 9.68. The van der Waals surface area contributed by atoms with Gasteiger partial charge in [0, 0.05) is 17.3 Å². The van der Waals surface area contributed by atoms with Gasteiger partial charge in [0.1, 0.15) is 11.1 Å². The molecular formula is C23H19N3O3S. The lowest BCUT2D eigenvalue weighted by Crippen LogP contribution is -2.32. The van der Waals surface area contributed by atoms with Crippen LogP contribution in [0.1, 0.15) is 40.4 Å². The number of carbonyl (C=O) groups is 2. The minimum atomic E-state index is -0.955. The lowest BCUT2D eigenvalue weighted by Gasteiger charge is -2.15. The zero-order chi connectivity index (χ0) is 21.1. The number of nitrogens with one attached hydrogen (secondary N) is 1. The summed E-state index contributed by atoms with van der Waals surface area (Å²) < 4.78 is 5.39. The van der Waals surface area contributed by atoms with Gasteiger partial charge < -0.3 is 10.1 Å². The van der Waals surface area contributed by atoms with Gasteiger partial charge in [0.05, 0.1) is 11.1 Å². The van der Waals surface area contributed by atoms with Crippen molar-refractivity contribution in [3.05, 3.63) is 71.0 Å². The number of nitrogens with zero attached hydrogens (tertiary/aromatic N) is 2. The number of nitriles is 1. The highest BCUT2D eigenvalue weighted by Gasteiger charge is 2.28. The summed E-state index contributed by atoms with van der Waals surface area (Å²) in [5.74, 6) is -1.03. The van der Waals surface area contributed by atoms with Crippen LogP contribution in [-0.4, -0.2) is 23.0 Å². The Bertz CT molecular complexity index is 1150. The second-order valence-electron chi connectivity index (χ2n) is 6.91. The van der Waals surface area contributed by atoms with E-state index < -0.39 is 18.0 Å². The molecule has 0 saturated heterocycles. The van der Waals surface area contributed by atoms with E-state index in [-0.39, 0.29) is 0 Å². The van der Waals surface area contributed by atoms with Gasteiger partial charge in [-0.25, -0.2) is 4.79 Å². The summed E-state index contributed by atoms with van der Waals surface area (Å²) in [5, 5.41) is 13.1. The average molecular weight is 417 g/mol. The number of fused-ring (bicyclic) bond motifs is 3. The number of pyridine rings is 1. The summed E-state index contributed by atoms with van der Waals surface area (Å²) in [7, 11) is 0. The molecule has 1 aromatic carbocycles. The molecule has 2 heterocycles. The van der Waals surface area contributed by atoms with E-state index >= 15 is 0 Å². The van der Waals surface area contributed by atoms with Gasteiger partial charge in [0.15, 0.2) is 6.10 Å². The summed E-state index contributed by atoms with van der Waals surface area (Å²) >= 11 is 1.40. The second kappa shape index (κ2) is 8.47. The fourth-order valence-electron chi connectivity index (χ4n) is 3.55. The van der Waals surface area contributed by atoms with Crippen molar-refractivity contribution in [3.8, 4) is 16.5 Å². The van der Waals surface area contributed by atoms with Gasteiger partial charge in [0.2, 0.25) is 0 Å². The highest BCUT2D eigenvalue weighted by atomic mass is 32.1. The number of thiophene rings is 1. The van der Waals surface area contributed by atoms with E-state index in [9.17, 15) is 14.9 Å².